The molecule has 0 atom stereocenters. The first kappa shape index (κ1) is 15.3. The zero-order chi connectivity index (χ0) is 15.7. The van der Waals surface area contributed by atoms with Crippen molar-refractivity contribution >= 4 is 38.4 Å². The summed E-state index contributed by atoms with van der Waals surface area (Å²) in [6, 6.07) is 11.3. The maximum atomic E-state index is 12.4. The van der Waals surface area contributed by atoms with Gasteiger partial charge in [0, 0.05) is 4.88 Å². The van der Waals surface area contributed by atoms with Crippen molar-refractivity contribution in [2.45, 2.75) is 18.1 Å². The molecule has 1 N–H and O–H groups in total. The summed E-state index contributed by atoms with van der Waals surface area (Å²) in [7, 11) is -3.52. The molecule has 1 aromatic carbocycles. The standard InChI is InChI=1S/C16H15NO2S3/c1-11-5-6-13(14-8-12(2)21-10-14)9-15(11)17-22(18,19)16-4-3-7-20-16/h3-10,17H,1-2H3. The molecule has 0 aliphatic rings. The van der Waals surface area contributed by atoms with Crippen LogP contribution in [-0.2, 0) is 10.0 Å². The number of hydrogen-bond acceptors (Lipinski definition) is 4. The van der Waals surface area contributed by atoms with Crippen molar-refractivity contribution < 1.29 is 8.42 Å². The van der Waals surface area contributed by atoms with Gasteiger partial charge in [-0.1, -0.05) is 18.2 Å². The highest BCUT2D eigenvalue weighted by atomic mass is 32.2. The maximum Gasteiger partial charge on any atom is 0.271 e. The topological polar surface area (TPSA) is 46.2 Å². The number of aryl methyl sites for hydroxylation is 2. The number of thiophene rings is 2. The van der Waals surface area contributed by atoms with Crippen LogP contribution in [0.2, 0.25) is 0 Å². The predicted octanol–water partition coefficient (Wildman–Crippen LogP) is 4.89. The fourth-order valence-corrected chi connectivity index (χ4v) is 4.94. The van der Waals surface area contributed by atoms with Gasteiger partial charge in [-0.15, -0.1) is 22.7 Å². The molecule has 3 aromatic rings. The zero-order valence-corrected chi connectivity index (χ0v) is 14.6. The number of hydrogen-bond donors (Lipinski definition) is 1. The van der Waals surface area contributed by atoms with Gasteiger partial charge < -0.3 is 0 Å². The van der Waals surface area contributed by atoms with E-state index in [1.54, 1.807) is 28.8 Å². The third-order valence-corrected chi connectivity index (χ3v) is 6.93. The first-order valence-electron chi connectivity index (χ1n) is 6.68. The highest BCUT2D eigenvalue weighted by molar-refractivity contribution is 7.94. The zero-order valence-electron chi connectivity index (χ0n) is 12.2. The highest BCUT2D eigenvalue weighted by Gasteiger charge is 2.16. The number of anilines is 1. The smallest absolute Gasteiger partial charge is 0.271 e. The van der Waals surface area contributed by atoms with Crippen LogP contribution in [0.5, 0.6) is 0 Å². The number of sulfonamides is 1. The van der Waals surface area contributed by atoms with Crippen LogP contribution in [0, 0.1) is 13.8 Å². The van der Waals surface area contributed by atoms with Gasteiger partial charge in [-0.05, 0) is 59.5 Å². The third-order valence-electron chi connectivity index (χ3n) is 3.31. The molecule has 0 bridgehead atoms. The van der Waals surface area contributed by atoms with E-state index in [-0.39, 0.29) is 0 Å². The lowest BCUT2D eigenvalue weighted by molar-refractivity contribution is 0.603. The fourth-order valence-electron chi connectivity index (χ4n) is 2.12. The van der Waals surface area contributed by atoms with Gasteiger partial charge in [0.25, 0.3) is 10.0 Å². The second-order valence-electron chi connectivity index (χ2n) is 5.01. The molecule has 3 rings (SSSR count). The Balaban J connectivity index is 1.97. The average molecular weight is 350 g/mol. The van der Waals surface area contributed by atoms with E-state index in [9.17, 15) is 8.42 Å². The van der Waals surface area contributed by atoms with E-state index in [4.69, 9.17) is 0 Å². The van der Waals surface area contributed by atoms with Crippen LogP contribution in [0.1, 0.15) is 10.4 Å². The average Bonchev–Trinajstić information content (AvgIpc) is 3.12. The SMILES string of the molecule is Cc1cc(-c2ccc(C)c(NS(=O)(=O)c3cccs3)c2)cs1. The lowest BCUT2D eigenvalue weighted by Gasteiger charge is -2.11. The van der Waals surface area contributed by atoms with E-state index >= 15 is 0 Å². The Morgan fingerprint density at radius 1 is 1.00 bits per heavy atom. The summed E-state index contributed by atoms with van der Waals surface area (Å²) in [6.07, 6.45) is 0. The molecule has 114 valence electrons. The van der Waals surface area contributed by atoms with Crippen LogP contribution in [0.3, 0.4) is 0 Å². The Kier molecular flexibility index (Phi) is 4.08. The molecule has 2 heterocycles. The largest absolute Gasteiger partial charge is 0.279 e. The summed E-state index contributed by atoms with van der Waals surface area (Å²) in [6.45, 7) is 3.96. The van der Waals surface area contributed by atoms with Gasteiger partial charge in [-0.2, -0.15) is 0 Å². The van der Waals surface area contributed by atoms with Crippen LogP contribution in [0.15, 0.2) is 51.4 Å². The molecular formula is C16H15NO2S3. The molecule has 0 amide bonds. The first-order valence-corrected chi connectivity index (χ1v) is 9.92. The van der Waals surface area contributed by atoms with Crippen molar-refractivity contribution in [2.75, 3.05) is 4.72 Å². The Morgan fingerprint density at radius 2 is 1.82 bits per heavy atom. The third kappa shape index (κ3) is 3.09. The maximum absolute atomic E-state index is 12.4. The van der Waals surface area contributed by atoms with E-state index < -0.39 is 10.0 Å². The number of nitrogens with one attached hydrogen (secondary N) is 1. The van der Waals surface area contributed by atoms with Crippen LogP contribution < -0.4 is 4.72 Å². The summed E-state index contributed by atoms with van der Waals surface area (Å²) < 4.78 is 27.8. The van der Waals surface area contributed by atoms with Crippen LogP contribution in [0.4, 0.5) is 5.69 Å². The second kappa shape index (κ2) is 5.87. The van der Waals surface area contributed by atoms with Gasteiger partial charge in [-0.3, -0.25) is 4.72 Å². The van der Waals surface area contributed by atoms with E-state index in [1.807, 2.05) is 25.1 Å². The van der Waals surface area contributed by atoms with Crippen molar-refractivity contribution in [3.05, 3.63) is 57.6 Å². The molecule has 2 aromatic heterocycles. The van der Waals surface area contributed by atoms with Crippen molar-refractivity contribution in [1.82, 2.24) is 0 Å². The summed E-state index contributed by atoms with van der Waals surface area (Å²) >= 11 is 2.89. The van der Waals surface area contributed by atoms with E-state index in [0.29, 0.717) is 9.90 Å². The van der Waals surface area contributed by atoms with Gasteiger partial charge in [0.15, 0.2) is 0 Å². The Hall–Kier alpha value is -1.63. The minimum absolute atomic E-state index is 0.323. The molecule has 3 nitrogen and oxygen atoms in total. The lowest BCUT2D eigenvalue weighted by atomic mass is 10.1. The van der Waals surface area contributed by atoms with Crippen molar-refractivity contribution in [2.24, 2.45) is 0 Å². The Bertz CT molecular complexity index is 893. The van der Waals surface area contributed by atoms with E-state index in [0.717, 1.165) is 16.7 Å². The minimum atomic E-state index is -3.52. The molecular weight excluding hydrogens is 334 g/mol. The van der Waals surface area contributed by atoms with Crippen molar-refractivity contribution in [3.8, 4) is 11.1 Å². The molecule has 0 aliphatic heterocycles. The normalized spacial score (nSPS) is 11.5. The van der Waals surface area contributed by atoms with Gasteiger partial charge in [-0.25, -0.2) is 8.42 Å². The Labute approximate surface area is 138 Å². The fraction of sp³-hybridized carbons (Fsp3) is 0.125. The molecule has 0 unspecified atom stereocenters. The summed E-state index contributed by atoms with van der Waals surface area (Å²) in [5.74, 6) is 0. The van der Waals surface area contributed by atoms with E-state index in [1.165, 1.54) is 16.2 Å². The van der Waals surface area contributed by atoms with Crippen LogP contribution in [-0.4, -0.2) is 8.42 Å². The summed E-state index contributed by atoms with van der Waals surface area (Å²) in [5, 5.41) is 3.84. The molecule has 0 saturated heterocycles. The molecule has 0 spiro atoms. The molecule has 0 radical (unpaired) electrons. The number of rotatable bonds is 4. The van der Waals surface area contributed by atoms with Gasteiger partial charge in [0.1, 0.15) is 4.21 Å². The Morgan fingerprint density at radius 3 is 2.45 bits per heavy atom. The van der Waals surface area contributed by atoms with Gasteiger partial charge in [0.05, 0.1) is 5.69 Å². The molecule has 0 fully saturated rings. The highest BCUT2D eigenvalue weighted by Crippen LogP contribution is 2.30. The van der Waals surface area contributed by atoms with Gasteiger partial charge >= 0.3 is 0 Å². The number of benzene rings is 1. The first-order chi connectivity index (χ1) is 10.5. The van der Waals surface area contributed by atoms with Crippen LogP contribution in [0.25, 0.3) is 11.1 Å². The van der Waals surface area contributed by atoms with Crippen LogP contribution >= 0.6 is 22.7 Å². The molecule has 0 saturated carbocycles. The summed E-state index contributed by atoms with van der Waals surface area (Å²) in [5.41, 5.74) is 3.64. The quantitative estimate of drug-likeness (QED) is 0.728. The summed E-state index contributed by atoms with van der Waals surface area (Å²) in [4.78, 5) is 1.23. The lowest BCUT2D eigenvalue weighted by Crippen LogP contribution is -2.12. The minimum Gasteiger partial charge on any atom is -0.279 e. The molecule has 0 aliphatic carbocycles. The second-order valence-corrected chi connectivity index (χ2v) is 8.99. The molecule has 22 heavy (non-hydrogen) atoms. The van der Waals surface area contributed by atoms with Crippen molar-refractivity contribution in [1.29, 1.82) is 0 Å². The predicted molar refractivity (Wildman–Crippen MR) is 94.4 cm³/mol. The van der Waals surface area contributed by atoms with Gasteiger partial charge in [0.2, 0.25) is 0 Å². The monoisotopic (exact) mass is 349 g/mol. The van der Waals surface area contributed by atoms with Crippen molar-refractivity contribution in [3.63, 3.8) is 0 Å². The molecule has 6 heteroatoms. The van der Waals surface area contributed by atoms with E-state index in [2.05, 4.69) is 23.1 Å².